The molecule has 1 aromatic heterocycles. The van der Waals surface area contributed by atoms with E-state index in [0.717, 1.165) is 49.1 Å². The Hall–Kier alpha value is -1.34. The van der Waals surface area contributed by atoms with Crippen LogP contribution in [0.2, 0.25) is 0 Å². The van der Waals surface area contributed by atoms with Gasteiger partial charge in [0.15, 0.2) is 0 Å². The molecule has 4 rings (SSSR count). The molecule has 0 spiro atoms. The maximum atomic E-state index is 12.7. The van der Waals surface area contributed by atoms with Gasteiger partial charge in [0.1, 0.15) is 0 Å². The van der Waals surface area contributed by atoms with Crippen LogP contribution < -0.4 is 4.90 Å². The van der Waals surface area contributed by atoms with Crippen LogP contribution in [0.1, 0.15) is 42.7 Å². The van der Waals surface area contributed by atoms with E-state index in [0.29, 0.717) is 18.2 Å². The van der Waals surface area contributed by atoms with Gasteiger partial charge < -0.3 is 14.5 Å². The van der Waals surface area contributed by atoms with E-state index in [9.17, 15) is 4.79 Å². The van der Waals surface area contributed by atoms with E-state index < -0.39 is 0 Å². The molecule has 0 aromatic carbocycles. The molecule has 1 amide bonds. The van der Waals surface area contributed by atoms with Crippen molar-refractivity contribution in [2.24, 2.45) is 0 Å². The summed E-state index contributed by atoms with van der Waals surface area (Å²) in [5, 5.41) is 0. The van der Waals surface area contributed by atoms with Crippen LogP contribution in [0.25, 0.3) is 0 Å². The molecule has 2 fully saturated rings. The zero-order chi connectivity index (χ0) is 16.7. The Morgan fingerprint density at radius 2 is 1.92 bits per heavy atom. The van der Waals surface area contributed by atoms with E-state index in [4.69, 9.17) is 9.72 Å². The normalized spacial score (nSPS) is 28.3. The topological polar surface area (TPSA) is 58.6 Å². The van der Waals surface area contributed by atoms with Gasteiger partial charge in [0.2, 0.25) is 5.95 Å². The van der Waals surface area contributed by atoms with Crippen LogP contribution in [0.3, 0.4) is 0 Å². The van der Waals surface area contributed by atoms with E-state index >= 15 is 0 Å². The van der Waals surface area contributed by atoms with Crippen LogP contribution in [0.15, 0.2) is 6.20 Å². The number of amides is 1. The van der Waals surface area contributed by atoms with Gasteiger partial charge >= 0.3 is 0 Å². The molecule has 0 radical (unpaired) electrons. The minimum atomic E-state index is 0.108. The van der Waals surface area contributed by atoms with Crippen molar-refractivity contribution in [3.05, 3.63) is 17.5 Å². The molecule has 0 N–H and O–H groups in total. The first-order chi connectivity index (χ1) is 11.6. The van der Waals surface area contributed by atoms with Crippen molar-refractivity contribution in [2.75, 3.05) is 29.5 Å². The molecule has 4 heterocycles. The fourth-order valence-electron chi connectivity index (χ4n) is 3.88. The standard InChI is InChI=1S/C17H24N4O2S/c1-11-8-20(9-12(2)23-11)17-18-7-14-15(19-17)10-21(16(14)22)13-3-5-24-6-4-13/h7,11-13H,3-6,8-10H2,1-2H3. The van der Waals surface area contributed by atoms with Crippen LogP contribution in [-0.4, -0.2) is 63.6 Å². The first-order valence-electron chi connectivity index (χ1n) is 8.77. The molecule has 24 heavy (non-hydrogen) atoms. The summed E-state index contributed by atoms with van der Waals surface area (Å²) in [6.45, 7) is 6.36. The van der Waals surface area contributed by atoms with Gasteiger partial charge in [-0.1, -0.05) is 0 Å². The largest absolute Gasteiger partial charge is 0.372 e. The quantitative estimate of drug-likeness (QED) is 0.814. The van der Waals surface area contributed by atoms with Gasteiger partial charge in [-0.15, -0.1) is 0 Å². The van der Waals surface area contributed by atoms with Crippen LogP contribution in [0, 0.1) is 0 Å². The number of anilines is 1. The van der Waals surface area contributed by atoms with Crippen molar-refractivity contribution in [3.63, 3.8) is 0 Å². The SMILES string of the molecule is CC1CN(c2ncc3c(n2)CN(C2CCSCC2)C3=O)CC(C)O1. The van der Waals surface area contributed by atoms with Crippen molar-refractivity contribution in [1.29, 1.82) is 0 Å². The molecule has 3 aliphatic heterocycles. The lowest BCUT2D eigenvalue weighted by Crippen LogP contribution is -2.46. The number of hydrogen-bond donors (Lipinski definition) is 0. The third kappa shape index (κ3) is 2.99. The number of carbonyl (C=O) groups excluding carboxylic acids is 1. The second-order valence-corrected chi connectivity index (χ2v) is 8.19. The molecular formula is C17H24N4O2S. The molecule has 6 nitrogen and oxygen atoms in total. The molecule has 2 saturated heterocycles. The molecule has 0 aliphatic carbocycles. The number of nitrogens with zero attached hydrogens (tertiary/aromatic N) is 4. The van der Waals surface area contributed by atoms with Gasteiger partial charge in [-0.25, -0.2) is 9.97 Å². The summed E-state index contributed by atoms with van der Waals surface area (Å²) in [4.78, 5) is 26.1. The lowest BCUT2D eigenvalue weighted by Gasteiger charge is -2.35. The summed E-state index contributed by atoms with van der Waals surface area (Å²) in [5.74, 6) is 3.12. The predicted molar refractivity (Wildman–Crippen MR) is 94.5 cm³/mol. The number of fused-ring (bicyclic) bond motifs is 1. The number of hydrogen-bond acceptors (Lipinski definition) is 6. The second-order valence-electron chi connectivity index (χ2n) is 6.97. The molecular weight excluding hydrogens is 324 g/mol. The monoisotopic (exact) mass is 348 g/mol. The summed E-state index contributed by atoms with van der Waals surface area (Å²) >= 11 is 1.98. The van der Waals surface area contributed by atoms with Gasteiger partial charge in [-0.2, -0.15) is 11.8 Å². The Morgan fingerprint density at radius 3 is 2.62 bits per heavy atom. The Bertz CT molecular complexity index is 625. The van der Waals surface area contributed by atoms with Crippen molar-refractivity contribution in [3.8, 4) is 0 Å². The first kappa shape index (κ1) is 16.1. The zero-order valence-electron chi connectivity index (χ0n) is 14.3. The van der Waals surface area contributed by atoms with Gasteiger partial charge in [-0.05, 0) is 38.2 Å². The maximum Gasteiger partial charge on any atom is 0.257 e. The molecule has 130 valence electrons. The average molecular weight is 348 g/mol. The van der Waals surface area contributed by atoms with Gasteiger partial charge in [0.25, 0.3) is 5.91 Å². The third-order valence-electron chi connectivity index (χ3n) is 5.00. The highest BCUT2D eigenvalue weighted by molar-refractivity contribution is 7.99. The van der Waals surface area contributed by atoms with Crippen molar-refractivity contribution >= 4 is 23.6 Å². The van der Waals surface area contributed by atoms with Crippen LogP contribution in [0.5, 0.6) is 0 Å². The maximum absolute atomic E-state index is 12.7. The van der Waals surface area contributed by atoms with Crippen molar-refractivity contribution in [2.45, 2.75) is 51.5 Å². The average Bonchev–Trinajstić information content (AvgIpc) is 2.91. The van der Waals surface area contributed by atoms with E-state index in [1.807, 2.05) is 16.7 Å². The molecule has 0 bridgehead atoms. The van der Waals surface area contributed by atoms with Crippen LogP contribution in [-0.2, 0) is 11.3 Å². The number of aromatic nitrogens is 2. The first-order valence-corrected chi connectivity index (χ1v) is 9.92. The van der Waals surface area contributed by atoms with E-state index in [-0.39, 0.29) is 18.1 Å². The van der Waals surface area contributed by atoms with Crippen LogP contribution in [0.4, 0.5) is 5.95 Å². The number of ether oxygens (including phenoxy) is 1. The second kappa shape index (κ2) is 6.52. The Kier molecular flexibility index (Phi) is 4.39. The number of rotatable bonds is 2. The smallest absolute Gasteiger partial charge is 0.257 e. The lowest BCUT2D eigenvalue weighted by molar-refractivity contribution is -0.00573. The summed E-state index contributed by atoms with van der Waals surface area (Å²) < 4.78 is 5.78. The third-order valence-corrected chi connectivity index (χ3v) is 6.05. The van der Waals surface area contributed by atoms with Gasteiger partial charge in [0.05, 0.1) is 30.0 Å². The van der Waals surface area contributed by atoms with Gasteiger partial charge in [-0.3, -0.25) is 4.79 Å². The number of thioether (sulfide) groups is 1. The van der Waals surface area contributed by atoms with Crippen LogP contribution >= 0.6 is 11.8 Å². The fourth-order valence-corrected chi connectivity index (χ4v) is 4.96. The van der Waals surface area contributed by atoms with E-state index in [1.54, 1.807) is 6.20 Å². The van der Waals surface area contributed by atoms with Crippen molar-refractivity contribution in [1.82, 2.24) is 14.9 Å². The summed E-state index contributed by atoms with van der Waals surface area (Å²) in [7, 11) is 0. The minimum absolute atomic E-state index is 0.108. The molecule has 1 aromatic rings. The molecule has 2 atom stereocenters. The van der Waals surface area contributed by atoms with Gasteiger partial charge in [0, 0.05) is 25.3 Å². The molecule has 3 aliphatic rings. The predicted octanol–water partition coefficient (Wildman–Crippen LogP) is 1.94. The minimum Gasteiger partial charge on any atom is -0.372 e. The molecule has 7 heteroatoms. The molecule has 2 unspecified atom stereocenters. The lowest BCUT2D eigenvalue weighted by atomic mass is 10.1. The Morgan fingerprint density at radius 1 is 1.21 bits per heavy atom. The summed E-state index contributed by atoms with van der Waals surface area (Å²) in [5.41, 5.74) is 1.57. The Balaban J connectivity index is 1.54. The highest BCUT2D eigenvalue weighted by Crippen LogP contribution is 2.30. The number of carbonyl (C=O) groups is 1. The fraction of sp³-hybridized carbons (Fsp3) is 0.706. The van der Waals surface area contributed by atoms with E-state index in [2.05, 4.69) is 23.7 Å². The highest BCUT2D eigenvalue weighted by atomic mass is 32.2. The summed E-state index contributed by atoms with van der Waals surface area (Å²) in [6, 6.07) is 0.361. The van der Waals surface area contributed by atoms with Crippen molar-refractivity contribution < 1.29 is 9.53 Å². The zero-order valence-corrected chi connectivity index (χ0v) is 15.1. The van der Waals surface area contributed by atoms with E-state index in [1.165, 1.54) is 0 Å². The molecule has 0 saturated carbocycles. The Labute approximate surface area is 147 Å². The highest BCUT2D eigenvalue weighted by Gasteiger charge is 2.35. The summed E-state index contributed by atoms with van der Waals surface area (Å²) in [6.07, 6.45) is 4.24. The number of morpholine rings is 1.